The van der Waals surface area contributed by atoms with Crippen LogP contribution >= 0.6 is 0 Å². The number of fused-ring (bicyclic) bond motifs is 2. The fourth-order valence-electron chi connectivity index (χ4n) is 5.22. The number of halogens is 1. The number of benzene rings is 1. The molecule has 188 valence electrons. The molecule has 2 aliphatic heterocycles. The van der Waals surface area contributed by atoms with Crippen molar-refractivity contribution in [3.05, 3.63) is 72.6 Å². The maximum absolute atomic E-state index is 14.6. The van der Waals surface area contributed by atoms with Gasteiger partial charge in [0.2, 0.25) is 0 Å². The van der Waals surface area contributed by atoms with Gasteiger partial charge in [-0.25, -0.2) is 24.0 Å². The summed E-state index contributed by atoms with van der Waals surface area (Å²) in [5, 5.41) is 4.44. The van der Waals surface area contributed by atoms with E-state index in [0.29, 0.717) is 40.6 Å². The van der Waals surface area contributed by atoms with Crippen LogP contribution in [0.2, 0.25) is 0 Å². The second kappa shape index (κ2) is 9.36. The third-order valence-electron chi connectivity index (χ3n) is 7.28. The number of ether oxygens (including phenoxy) is 1. The standard InChI is InChI=1S/C27H26FN7O2/c1-33-18-9-10-19(33)16-34(15-18)27(36)22-6-4-8-24(31-22)35-14-17(13-30-35)21-11-12-29-26(32-21)25-20(28)5-3-7-23(25)37-2/h3-8,11-14,18-19H,9-10,15-16H2,1-2H3. The Balaban J connectivity index is 1.26. The highest BCUT2D eigenvalue weighted by molar-refractivity contribution is 5.92. The number of piperazine rings is 1. The number of hydrogen-bond donors (Lipinski definition) is 0. The smallest absolute Gasteiger partial charge is 0.272 e. The number of rotatable bonds is 5. The number of hydrogen-bond acceptors (Lipinski definition) is 7. The fraction of sp³-hybridized carbons (Fsp3) is 0.296. The van der Waals surface area contributed by atoms with Gasteiger partial charge in [-0.1, -0.05) is 12.1 Å². The number of nitrogens with zero attached hydrogens (tertiary/aromatic N) is 7. The van der Waals surface area contributed by atoms with Crippen LogP contribution in [-0.4, -0.2) is 79.8 Å². The molecular formula is C27H26FN7O2. The van der Waals surface area contributed by atoms with Gasteiger partial charge in [-0.2, -0.15) is 5.10 Å². The topological polar surface area (TPSA) is 89.3 Å². The van der Waals surface area contributed by atoms with Gasteiger partial charge in [-0.05, 0) is 50.2 Å². The number of carbonyl (C=O) groups is 1. The average Bonchev–Trinajstić information content (AvgIpc) is 3.48. The van der Waals surface area contributed by atoms with Crippen molar-refractivity contribution in [2.24, 2.45) is 0 Å². The Morgan fingerprint density at radius 2 is 1.84 bits per heavy atom. The molecule has 1 amide bonds. The Labute approximate surface area is 213 Å². The summed E-state index contributed by atoms with van der Waals surface area (Å²) in [5.41, 5.74) is 1.87. The highest BCUT2D eigenvalue weighted by Crippen LogP contribution is 2.31. The van der Waals surface area contributed by atoms with E-state index in [4.69, 9.17) is 4.74 Å². The van der Waals surface area contributed by atoms with Crippen molar-refractivity contribution in [2.45, 2.75) is 24.9 Å². The second-order valence-corrected chi connectivity index (χ2v) is 9.40. The van der Waals surface area contributed by atoms with Crippen LogP contribution in [0.1, 0.15) is 23.3 Å². The normalized spacial score (nSPS) is 19.3. The SMILES string of the molecule is COc1cccc(F)c1-c1nccc(-c2cnn(-c3cccc(C(=O)N4CC5CCC(C4)N5C)n3)c2)n1. The minimum absolute atomic E-state index is 0.0569. The lowest BCUT2D eigenvalue weighted by Gasteiger charge is -2.38. The molecule has 2 saturated heterocycles. The van der Waals surface area contributed by atoms with Gasteiger partial charge >= 0.3 is 0 Å². The molecular weight excluding hydrogens is 473 g/mol. The number of likely N-dealkylation sites (tertiary alicyclic amines) is 1. The van der Waals surface area contributed by atoms with Gasteiger partial charge in [0.25, 0.3) is 5.91 Å². The van der Waals surface area contributed by atoms with E-state index in [0.717, 1.165) is 25.9 Å². The molecule has 2 aliphatic rings. The molecule has 1 aromatic carbocycles. The minimum Gasteiger partial charge on any atom is -0.496 e. The summed E-state index contributed by atoms with van der Waals surface area (Å²) in [5.74, 6) is 0.572. The van der Waals surface area contributed by atoms with Gasteiger partial charge in [0.15, 0.2) is 11.6 Å². The second-order valence-electron chi connectivity index (χ2n) is 9.40. The number of methoxy groups -OCH3 is 1. The number of pyridine rings is 1. The minimum atomic E-state index is -0.466. The van der Waals surface area contributed by atoms with Crippen molar-refractivity contribution in [2.75, 3.05) is 27.2 Å². The Kier molecular flexibility index (Phi) is 5.88. The molecule has 2 unspecified atom stereocenters. The first-order chi connectivity index (χ1) is 18.0. The lowest BCUT2D eigenvalue weighted by atomic mass is 10.1. The van der Waals surface area contributed by atoms with E-state index >= 15 is 0 Å². The average molecular weight is 500 g/mol. The maximum atomic E-state index is 14.6. The lowest BCUT2D eigenvalue weighted by Crippen LogP contribution is -2.53. The summed E-state index contributed by atoms with van der Waals surface area (Å²) in [6.45, 7) is 1.46. The Morgan fingerprint density at radius 1 is 1.05 bits per heavy atom. The van der Waals surface area contributed by atoms with Crippen molar-refractivity contribution < 1.29 is 13.9 Å². The predicted molar refractivity (Wildman–Crippen MR) is 135 cm³/mol. The van der Waals surface area contributed by atoms with Crippen LogP contribution in [0.25, 0.3) is 28.5 Å². The molecule has 2 atom stereocenters. The van der Waals surface area contributed by atoms with E-state index in [2.05, 4.69) is 32.0 Å². The summed E-state index contributed by atoms with van der Waals surface area (Å²) < 4.78 is 21.5. The van der Waals surface area contributed by atoms with Gasteiger partial charge in [0.05, 0.1) is 24.6 Å². The summed E-state index contributed by atoms with van der Waals surface area (Å²) in [6, 6.07) is 12.5. The summed E-state index contributed by atoms with van der Waals surface area (Å²) in [4.78, 5) is 31.0. The van der Waals surface area contributed by atoms with Crippen molar-refractivity contribution in [1.82, 2.24) is 34.5 Å². The van der Waals surface area contributed by atoms with Crippen LogP contribution in [-0.2, 0) is 0 Å². The van der Waals surface area contributed by atoms with E-state index < -0.39 is 5.82 Å². The van der Waals surface area contributed by atoms with Crippen molar-refractivity contribution in [3.8, 4) is 34.2 Å². The van der Waals surface area contributed by atoms with Gasteiger partial charge < -0.3 is 9.64 Å². The molecule has 6 rings (SSSR count). The number of carbonyl (C=O) groups excluding carboxylic acids is 1. The molecule has 0 spiro atoms. The first kappa shape index (κ1) is 23.2. The summed E-state index contributed by atoms with van der Waals surface area (Å²) >= 11 is 0. The monoisotopic (exact) mass is 499 g/mol. The zero-order valence-electron chi connectivity index (χ0n) is 20.6. The summed E-state index contributed by atoms with van der Waals surface area (Å²) in [6.07, 6.45) is 7.25. The van der Waals surface area contributed by atoms with Crippen molar-refractivity contribution >= 4 is 5.91 Å². The molecule has 0 N–H and O–H groups in total. The molecule has 0 aliphatic carbocycles. The van der Waals surface area contributed by atoms with Crippen LogP contribution < -0.4 is 4.74 Å². The van der Waals surface area contributed by atoms with Crippen LogP contribution in [0.3, 0.4) is 0 Å². The molecule has 2 fully saturated rings. The van der Waals surface area contributed by atoms with Gasteiger partial charge in [-0.3, -0.25) is 9.69 Å². The van der Waals surface area contributed by atoms with Crippen LogP contribution in [0.4, 0.5) is 4.39 Å². The maximum Gasteiger partial charge on any atom is 0.272 e. The molecule has 9 nitrogen and oxygen atoms in total. The highest BCUT2D eigenvalue weighted by atomic mass is 19.1. The Hall–Kier alpha value is -4.18. The summed E-state index contributed by atoms with van der Waals surface area (Å²) in [7, 11) is 3.62. The predicted octanol–water partition coefficient (Wildman–Crippen LogP) is 3.46. The number of likely N-dealkylation sites (N-methyl/N-ethyl adjacent to an activating group) is 1. The van der Waals surface area contributed by atoms with E-state index in [1.165, 1.54) is 13.2 Å². The van der Waals surface area contributed by atoms with Crippen LogP contribution in [0, 0.1) is 5.82 Å². The lowest BCUT2D eigenvalue weighted by molar-refractivity contribution is 0.0518. The Bertz CT molecular complexity index is 1460. The molecule has 10 heteroatoms. The molecule has 3 aromatic heterocycles. The first-order valence-electron chi connectivity index (χ1n) is 12.2. The third-order valence-corrected chi connectivity index (χ3v) is 7.28. The third kappa shape index (κ3) is 4.23. The number of aromatic nitrogens is 5. The quantitative estimate of drug-likeness (QED) is 0.416. The van der Waals surface area contributed by atoms with Crippen LogP contribution in [0.15, 0.2) is 61.1 Å². The zero-order valence-corrected chi connectivity index (χ0v) is 20.6. The molecule has 2 bridgehead atoms. The van der Waals surface area contributed by atoms with E-state index in [-0.39, 0.29) is 17.3 Å². The van der Waals surface area contributed by atoms with Gasteiger partial charge in [0, 0.05) is 43.1 Å². The van der Waals surface area contributed by atoms with E-state index in [9.17, 15) is 9.18 Å². The van der Waals surface area contributed by atoms with Gasteiger partial charge in [0.1, 0.15) is 17.3 Å². The first-order valence-corrected chi connectivity index (χ1v) is 12.2. The largest absolute Gasteiger partial charge is 0.496 e. The van der Waals surface area contributed by atoms with Crippen molar-refractivity contribution in [1.29, 1.82) is 0 Å². The molecule has 4 aromatic rings. The van der Waals surface area contributed by atoms with Crippen LogP contribution in [0.5, 0.6) is 5.75 Å². The van der Waals surface area contributed by atoms with Gasteiger partial charge in [-0.15, -0.1) is 0 Å². The molecule has 0 radical (unpaired) electrons. The van der Waals surface area contributed by atoms with E-state index in [1.807, 2.05) is 11.0 Å². The van der Waals surface area contributed by atoms with E-state index in [1.54, 1.807) is 53.6 Å². The fourth-order valence-corrected chi connectivity index (χ4v) is 5.22. The number of amides is 1. The molecule has 37 heavy (non-hydrogen) atoms. The highest BCUT2D eigenvalue weighted by Gasteiger charge is 2.39. The zero-order chi connectivity index (χ0) is 25.5. The molecule has 0 saturated carbocycles. The molecule has 5 heterocycles. The van der Waals surface area contributed by atoms with Crippen molar-refractivity contribution in [3.63, 3.8) is 0 Å². The Morgan fingerprint density at radius 3 is 2.62 bits per heavy atom.